The fraction of sp³-hybridized carbons (Fsp3) is 0.125. The highest BCUT2D eigenvalue weighted by molar-refractivity contribution is 7.90. The van der Waals surface area contributed by atoms with Crippen molar-refractivity contribution < 1.29 is 13.2 Å². The van der Waals surface area contributed by atoms with Crippen LogP contribution in [0.2, 0.25) is 0 Å². The van der Waals surface area contributed by atoms with Crippen LogP contribution in [0.1, 0.15) is 5.56 Å². The minimum atomic E-state index is -3.92. The van der Waals surface area contributed by atoms with E-state index in [1.807, 2.05) is 0 Å². The lowest BCUT2D eigenvalue weighted by atomic mass is 10.2. The number of amides is 2. The third-order valence-corrected chi connectivity index (χ3v) is 3.34. The first-order chi connectivity index (χ1) is 6.84. The monoisotopic (exact) mass is 229 g/mol. The van der Waals surface area contributed by atoms with Crippen molar-refractivity contribution in [1.29, 1.82) is 0 Å². The van der Waals surface area contributed by atoms with Gasteiger partial charge < -0.3 is 11.5 Å². The first-order valence-corrected chi connectivity index (χ1v) is 5.50. The first-order valence-electron chi connectivity index (χ1n) is 4.02. The maximum atomic E-state index is 11.5. The van der Waals surface area contributed by atoms with Crippen molar-refractivity contribution in [1.82, 2.24) is 4.72 Å². The number of hydrogen-bond donors (Lipinski definition) is 3. The van der Waals surface area contributed by atoms with Crippen molar-refractivity contribution in [2.75, 3.05) is 5.73 Å². The summed E-state index contributed by atoms with van der Waals surface area (Å²) in [5, 5.41) is 0. The summed E-state index contributed by atoms with van der Waals surface area (Å²) in [5.41, 5.74) is 11.0. The number of anilines is 1. The van der Waals surface area contributed by atoms with Gasteiger partial charge in [-0.3, -0.25) is 0 Å². The van der Waals surface area contributed by atoms with Gasteiger partial charge in [-0.05, 0) is 24.6 Å². The van der Waals surface area contributed by atoms with Gasteiger partial charge in [0.05, 0.1) is 4.90 Å². The Balaban J connectivity index is 3.28. The molecule has 0 atom stereocenters. The molecule has 0 bridgehead atoms. The van der Waals surface area contributed by atoms with E-state index in [1.54, 1.807) is 17.7 Å². The van der Waals surface area contributed by atoms with Gasteiger partial charge in [0, 0.05) is 5.69 Å². The summed E-state index contributed by atoms with van der Waals surface area (Å²) in [6.45, 7) is 1.55. The first kappa shape index (κ1) is 11.3. The summed E-state index contributed by atoms with van der Waals surface area (Å²) in [4.78, 5) is 10.4. The van der Waals surface area contributed by atoms with E-state index in [0.717, 1.165) is 0 Å². The molecule has 7 heteroatoms. The van der Waals surface area contributed by atoms with Crippen LogP contribution >= 0.6 is 0 Å². The van der Waals surface area contributed by atoms with Crippen molar-refractivity contribution in [3.05, 3.63) is 23.8 Å². The van der Waals surface area contributed by atoms with Crippen LogP contribution in [0, 0.1) is 6.92 Å². The SMILES string of the molecule is Cc1c(N)cccc1S(=O)(=O)NC(N)=O. The smallest absolute Gasteiger partial charge is 0.326 e. The van der Waals surface area contributed by atoms with Gasteiger partial charge >= 0.3 is 6.03 Å². The summed E-state index contributed by atoms with van der Waals surface area (Å²) in [6, 6.07) is 3.27. The van der Waals surface area contributed by atoms with E-state index in [1.165, 1.54) is 12.1 Å². The van der Waals surface area contributed by atoms with Crippen molar-refractivity contribution in [3.8, 4) is 0 Å². The minimum Gasteiger partial charge on any atom is -0.398 e. The number of nitrogens with two attached hydrogens (primary N) is 2. The standard InChI is InChI=1S/C8H11N3O3S/c1-5-6(9)3-2-4-7(5)15(13,14)11-8(10)12/h2-4H,9H2,1H3,(H3,10,11,12). The number of primary amides is 1. The minimum absolute atomic E-state index is 0.0544. The molecular weight excluding hydrogens is 218 g/mol. The highest BCUT2D eigenvalue weighted by Gasteiger charge is 2.18. The van der Waals surface area contributed by atoms with Crippen molar-refractivity contribution in [2.45, 2.75) is 11.8 Å². The van der Waals surface area contributed by atoms with Crippen LogP contribution in [0.5, 0.6) is 0 Å². The summed E-state index contributed by atoms with van der Waals surface area (Å²) in [6.07, 6.45) is 0. The van der Waals surface area contributed by atoms with Gasteiger partial charge in [-0.25, -0.2) is 17.9 Å². The van der Waals surface area contributed by atoms with E-state index in [0.29, 0.717) is 11.3 Å². The Kier molecular flexibility index (Phi) is 2.85. The molecule has 0 aliphatic rings. The van der Waals surface area contributed by atoms with Crippen molar-refractivity contribution >= 4 is 21.7 Å². The Hall–Kier alpha value is -1.76. The summed E-state index contributed by atoms with van der Waals surface area (Å²) < 4.78 is 24.8. The van der Waals surface area contributed by atoms with Gasteiger partial charge in [0.1, 0.15) is 0 Å². The molecule has 1 rings (SSSR count). The van der Waals surface area contributed by atoms with Crippen LogP contribution in [-0.4, -0.2) is 14.4 Å². The number of nitrogen functional groups attached to an aromatic ring is 1. The van der Waals surface area contributed by atoms with E-state index < -0.39 is 16.1 Å². The van der Waals surface area contributed by atoms with Crippen molar-refractivity contribution in [3.63, 3.8) is 0 Å². The molecular formula is C8H11N3O3S. The van der Waals surface area contributed by atoms with Gasteiger partial charge in [0.25, 0.3) is 10.0 Å². The van der Waals surface area contributed by atoms with Crippen LogP contribution < -0.4 is 16.2 Å². The topological polar surface area (TPSA) is 115 Å². The number of sulfonamides is 1. The molecule has 15 heavy (non-hydrogen) atoms. The summed E-state index contributed by atoms with van der Waals surface area (Å²) in [5.74, 6) is 0. The number of hydrogen-bond acceptors (Lipinski definition) is 4. The molecule has 0 aliphatic heterocycles. The molecule has 0 fully saturated rings. The number of urea groups is 1. The van der Waals surface area contributed by atoms with E-state index in [2.05, 4.69) is 0 Å². The molecule has 1 aromatic carbocycles. The van der Waals surface area contributed by atoms with Gasteiger partial charge in [-0.2, -0.15) is 0 Å². The zero-order chi connectivity index (χ0) is 11.6. The number of benzene rings is 1. The summed E-state index contributed by atoms with van der Waals surface area (Å²) >= 11 is 0. The Morgan fingerprint density at radius 1 is 1.40 bits per heavy atom. The van der Waals surface area contributed by atoms with Gasteiger partial charge in [0.2, 0.25) is 0 Å². The lowest BCUT2D eigenvalue weighted by Crippen LogP contribution is -2.35. The molecule has 1 aromatic rings. The second-order valence-corrected chi connectivity index (χ2v) is 4.59. The largest absolute Gasteiger partial charge is 0.398 e. The lowest BCUT2D eigenvalue weighted by molar-refractivity contribution is 0.253. The van der Waals surface area contributed by atoms with E-state index in [9.17, 15) is 13.2 Å². The number of nitrogens with one attached hydrogen (secondary N) is 1. The maximum Gasteiger partial charge on any atom is 0.326 e. The third-order valence-electron chi connectivity index (χ3n) is 1.85. The quantitative estimate of drug-likeness (QED) is 0.616. The van der Waals surface area contributed by atoms with Gasteiger partial charge in [0.15, 0.2) is 0 Å². The number of carbonyl (C=O) groups excluding carboxylic acids is 1. The molecule has 5 N–H and O–H groups in total. The fourth-order valence-corrected chi connectivity index (χ4v) is 2.26. The Labute approximate surface area is 87.3 Å². The van der Waals surface area contributed by atoms with Gasteiger partial charge in [-0.15, -0.1) is 0 Å². The Bertz CT molecular complexity index is 496. The Morgan fingerprint density at radius 3 is 2.53 bits per heavy atom. The van der Waals surface area contributed by atoms with Crippen LogP contribution in [-0.2, 0) is 10.0 Å². The molecule has 6 nitrogen and oxygen atoms in total. The second kappa shape index (κ2) is 3.77. The molecule has 0 radical (unpaired) electrons. The predicted octanol–water partition coefficient (Wildman–Crippen LogP) is -0.0658. The molecule has 2 amide bonds. The van der Waals surface area contributed by atoms with Crippen LogP contribution in [0.15, 0.2) is 23.1 Å². The van der Waals surface area contributed by atoms with Crippen molar-refractivity contribution in [2.24, 2.45) is 5.73 Å². The van der Waals surface area contributed by atoms with E-state index >= 15 is 0 Å². The van der Waals surface area contributed by atoms with Crippen LogP contribution in [0.25, 0.3) is 0 Å². The lowest BCUT2D eigenvalue weighted by Gasteiger charge is -2.08. The average Bonchev–Trinajstić information content (AvgIpc) is 2.07. The van der Waals surface area contributed by atoms with Gasteiger partial charge in [-0.1, -0.05) is 6.07 Å². The zero-order valence-corrected chi connectivity index (χ0v) is 8.84. The fourth-order valence-electron chi connectivity index (χ4n) is 1.11. The maximum absolute atomic E-state index is 11.5. The highest BCUT2D eigenvalue weighted by atomic mass is 32.2. The molecule has 0 saturated carbocycles. The highest BCUT2D eigenvalue weighted by Crippen LogP contribution is 2.19. The number of rotatable bonds is 2. The predicted molar refractivity (Wildman–Crippen MR) is 55.5 cm³/mol. The molecule has 0 aliphatic carbocycles. The molecule has 0 spiro atoms. The van der Waals surface area contributed by atoms with Crippen LogP contribution in [0.4, 0.5) is 10.5 Å². The van der Waals surface area contributed by atoms with Crippen LogP contribution in [0.3, 0.4) is 0 Å². The third kappa shape index (κ3) is 2.38. The normalized spacial score (nSPS) is 11.0. The molecule has 0 unspecified atom stereocenters. The molecule has 0 heterocycles. The van der Waals surface area contributed by atoms with E-state index in [-0.39, 0.29) is 4.90 Å². The molecule has 0 aromatic heterocycles. The average molecular weight is 229 g/mol. The van der Waals surface area contributed by atoms with E-state index in [4.69, 9.17) is 11.5 Å². The zero-order valence-electron chi connectivity index (χ0n) is 8.02. The summed E-state index contributed by atoms with van der Waals surface area (Å²) in [7, 11) is -3.92. The Morgan fingerprint density at radius 2 is 2.00 bits per heavy atom. The molecule has 82 valence electrons. The second-order valence-electron chi connectivity index (χ2n) is 2.94. The number of carbonyl (C=O) groups is 1. The molecule has 0 saturated heterocycles.